The fraction of sp³-hybridized carbons (Fsp3) is 0.625. The van der Waals surface area contributed by atoms with E-state index < -0.39 is 35.6 Å². The number of anilines is 1. The van der Waals surface area contributed by atoms with Gasteiger partial charge in [-0.25, -0.2) is 9.02 Å². The van der Waals surface area contributed by atoms with Crippen LogP contribution < -0.4 is 21.3 Å². The van der Waals surface area contributed by atoms with Gasteiger partial charge in [0, 0.05) is 38.0 Å². The van der Waals surface area contributed by atoms with Crippen LogP contribution in [0.25, 0.3) is 0 Å². The standard InChI is InChI=1S/C32H46FN7O5/c1-6-24-29(39-45-38-24)31(43)37-28(21-10-8-18(3)9-11-21)30(42)35-25-13-12-22(16-23(25)33)20(5)27(36-26(41)7-2)32(44)40-15-14-34-19(4)17-40/h12-13,16,18-21,27-28,34H,6-11,14-15,17H2,1-5H3,(H,35,42)(H,36,41)(H,37,43)/t18-,19-,20+,21-,27-,28+/m1/s1. The van der Waals surface area contributed by atoms with Gasteiger partial charge in [0.1, 0.15) is 23.6 Å². The van der Waals surface area contributed by atoms with Crippen LogP contribution in [0.1, 0.15) is 94.4 Å². The number of aromatic nitrogens is 2. The van der Waals surface area contributed by atoms with Gasteiger partial charge < -0.3 is 26.2 Å². The second-order valence-electron chi connectivity index (χ2n) is 12.4. The van der Waals surface area contributed by atoms with Crippen molar-refractivity contribution in [3.63, 3.8) is 0 Å². The third-order valence-electron chi connectivity index (χ3n) is 9.07. The molecule has 1 saturated heterocycles. The molecule has 0 bridgehead atoms. The zero-order valence-corrected chi connectivity index (χ0v) is 26.8. The van der Waals surface area contributed by atoms with Gasteiger partial charge in [-0.1, -0.05) is 51.8 Å². The summed E-state index contributed by atoms with van der Waals surface area (Å²) in [6.45, 7) is 11.1. The van der Waals surface area contributed by atoms with Crippen LogP contribution in [0.4, 0.5) is 10.1 Å². The number of aryl methyl sites for hydroxylation is 1. The average molecular weight is 628 g/mol. The number of rotatable bonds is 11. The SMILES string of the molecule is CCC(=O)N[C@@H](C(=O)N1CCN[C@H](C)C1)[C@@H](C)c1ccc(NC(=O)[C@@H](NC(=O)c2nonc2CC)[C@H]2CC[C@H](C)CC2)c(F)c1. The Balaban J connectivity index is 1.52. The normalized spacial score (nSPS) is 22.2. The van der Waals surface area contributed by atoms with E-state index in [1.54, 1.807) is 24.8 Å². The van der Waals surface area contributed by atoms with Gasteiger partial charge in [0.05, 0.1) is 5.69 Å². The fourth-order valence-electron chi connectivity index (χ4n) is 6.16. The van der Waals surface area contributed by atoms with E-state index in [0.717, 1.165) is 25.7 Å². The number of hydrogen-bond acceptors (Lipinski definition) is 8. The highest BCUT2D eigenvalue weighted by Crippen LogP contribution is 2.32. The van der Waals surface area contributed by atoms with E-state index in [-0.39, 0.29) is 41.6 Å². The number of nitrogens with zero attached hydrogens (tertiary/aromatic N) is 3. The maximum Gasteiger partial charge on any atom is 0.276 e. The van der Waals surface area contributed by atoms with Gasteiger partial charge in [0.2, 0.25) is 17.7 Å². The van der Waals surface area contributed by atoms with Crippen LogP contribution in [0.15, 0.2) is 22.8 Å². The van der Waals surface area contributed by atoms with Crippen molar-refractivity contribution in [2.75, 3.05) is 25.0 Å². The van der Waals surface area contributed by atoms with Crippen molar-refractivity contribution in [2.24, 2.45) is 11.8 Å². The predicted molar refractivity (Wildman–Crippen MR) is 166 cm³/mol. The molecule has 2 aromatic rings. The largest absolute Gasteiger partial charge is 0.344 e. The molecule has 1 saturated carbocycles. The third-order valence-corrected chi connectivity index (χ3v) is 9.07. The smallest absolute Gasteiger partial charge is 0.276 e. The van der Waals surface area contributed by atoms with E-state index in [9.17, 15) is 19.2 Å². The Morgan fingerprint density at radius 3 is 2.47 bits per heavy atom. The summed E-state index contributed by atoms with van der Waals surface area (Å²) >= 11 is 0. The molecule has 13 heteroatoms. The van der Waals surface area contributed by atoms with Crippen molar-refractivity contribution in [2.45, 2.75) is 97.2 Å². The summed E-state index contributed by atoms with van der Waals surface area (Å²) in [7, 11) is 0. The Bertz CT molecular complexity index is 1360. The van der Waals surface area contributed by atoms with Gasteiger partial charge >= 0.3 is 0 Å². The first-order valence-corrected chi connectivity index (χ1v) is 16.1. The highest BCUT2D eigenvalue weighted by molar-refractivity contribution is 6.01. The predicted octanol–water partition coefficient (Wildman–Crippen LogP) is 3.15. The summed E-state index contributed by atoms with van der Waals surface area (Å²) in [5.41, 5.74) is 0.866. The lowest BCUT2D eigenvalue weighted by molar-refractivity contribution is -0.138. The molecule has 1 aliphatic heterocycles. The summed E-state index contributed by atoms with van der Waals surface area (Å²) in [5, 5.41) is 19.1. The molecule has 1 aliphatic carbocycles. The Morgan fingerprint density at radius 1 is 1.09 bits per heavy atom. The van der Waals surface area contributed by atoms with Crippen LogP contribution in [-0.4, -0.2) is 76.6 Å². The summed E-state index contributed by atoms with van der Waals surface area (Å²) in [5.74, 6) is -2.44. The van der Waals surface area contributed by atoms with E-state index in [1.807, 2.05) is 13.8 Å². The Labute approximate surface area is 263 Å². The Morgan fingerprint density at radius 2 is 1.82 bits per heavy atom. The van der Waals surface area contributed by atoms with E-state index in [1.165, 1.54) is 12.1 Å². The van der Waals surface area contributed by atoms with Gasteiger partial charge in [-0.15, -0.1) is 0 Å². The minimum absolute atomic E-state index is 0.0264. The molecule has 45 heavy (non-hydrogen) atoms. The van der Waals surface area contributed by atoms with E-state index in [2.05, 4.69) is 38.5 Å². The number of halogens is 1. The minimum Gasteiger partial charge on any atom is -0.344 e. The molecule has 1 aromatic carbocycles. The zero-order chi connectivity index (χ0) is 32.7. The quantitative estimate of drug-likeness (QED) is 0.296. The summed E-state index contributed by atoms with van der Waals surface area (Å²) in [4.78, 5) is 54.4. The molecule has 4 atom stereocenters. The van der Waals surface area contributed by atoms with E-state index >= 15 is 4.39 Å². The Hall–Kier alpha value is -3.87. The lowest BCUT2D eigenvalue weighted by atomic mass is 9.79. The molecule has 1 aromatic heterocycles. The number of nitrogens with one attached hydrogen (secondary N) is 4. The highest BCUT2D eigenvalue weighted by atomic mass is 19.1. The van der Waals surface area contributed by atoms with Crippen molar-refractivity contribution in [1.82, 2.24) is 31.2 Å². The van der Waals surface area contributed by atoms with Crippen LogP contribution in [0.2, 0.25) is 0 Å². The first kappa shape index (κ1) is 34.0. The third kappa shape index (κ3) is 8.44. The van der Waals surface area contributed by atoms with Gasteiger partial charge in [-0.3, -0.25) is 19.2 Å². The molecular weight excluding hydrogens is 581 g/mol. The van der Waals surface area contributed by atoms with Crippen molar-refractivity contribution in [3.8, 4) is 0 Å². The number of amides is 4. The van der Waals surface area contributed by atoms with Crippen LogP contribution in [0.5, 0.6) is 0 Å². The molecule has 0 radical (unpaired) electrons. The summed E-state index contributed by atoms with van der Waals surface area (Å²) in [6, 6.07) is 2.70. The van der Waals surface area contributed by atoms with E-state index in [4.69, 9.17) is 4.63 Å². The number of carbonyl (C=O) groups excluding carboxylic acids is 4. The number of hydrogen-bond donors (Lipinski definition) is 4. The Kier molecular flexibility index (Phi) is 11.7. The molecule has 246 valence electrons. The van der Waals surface area contributed by atoms with Crippen LogP contribution in [-0.2, 0) is 20.8 Å². The van der Waals surface area contributed by atoms with Crippen LogP contribution in [0.3, 0.4) is 0 Å². The fourth-order valence-corrected chi connectivity index (χ4v) is 6.16. The maximum atomic E-state index is 15.6. The van der Waals surface area contributed by atoms with Gasteiger partial charge in [-0.2, -0.15) is 0 Å². The molecule has 4 amide bonds. The molecular formula is C32H46FN7O5. The minimum atomic E-state index is -0.919. The van der Waals surface area contributed by atoms with Crippen molar-refractivity contribution in [3.05, 3.63) is 41.0 Å². The highest BCUT2D eigenvalue weighted by Gasteiger charge is 2.36. The maximum absolute atomic E-state index is 15.6. The summed E-state index contributed by atoms with van der Waals surface area (Å²) < 4.78 is 20.3. The monoisotopic (exact) mass is 627 g/mol. The first-order valence-electron chi connectivity index (χ1n) is 16.1. The number of piperazine rings is 1. The molecule has 0 unspecified atom stereocenters. The van der Waals surface area contributed by atoms with Gasteiger partial charge in [0.25, 0.3) is 5.91 Å². The summed E-state index contributed by atoms with van der Waals surface area (Å²) in [6.07, 6.45) is 3.94. The molecule has 2 heterocycles. The molecule has 4 rings (SSSR count). The van der Waals surface area contributed by atoms with Crippen molar-refractivity contribution >= 4 is 29.3 Å². The van der Waals surface area contributed by atoms with Gasteiger partial charge in [-0.05, 0) is 60.9 Å². The van der Waals surface area contributed by atoms with Gasteiger partial charge in [0.15, 0.2) is 5.69 Å². The molecule has 2 fully saturated rings. The van der Waals surface area contributed by atoms with Crippen molar-refractivity contribution in [1.29, 1.82) is 0 Å². The topological polar surface area (TPSA) is 159 Å². The number of benzene rings is 1. The lowest BCUT2D eigenvalue weighted by Gasteiger charge is -2.36. The van der Waals surface area contributed by atoms with Crippen molar-refractivity contribution < 1.29 is 28.2 Å². The lowest BCUT2D eigenvalue weighted by Crippen LogP contribution is -2.57. The number of carbonyl (C=O) groups is 4. The molecule has 2 aliphatic rings. The average Bonchev–Trinajstić information content (AvgIpc) is 3.52. The molecule has 4 N–H and O–H groups in total. The molecule has 12 nitrogen and oxygen atoms in total. The zero-order valence-electron chi connectivity index (χ0n) is 26.8. The van der Waals surface area contributed by atoms with Crippen LogP contribution in [0, 0.1) is 17.7 Å². The molecule has 0 spiro atoms. The second-order valence-corrected chi connectivity index (χ2v) is 12.4. The van der Waals surface area contributed by atoms with E-state index in [0.29, 0.717) is 43.2 Å². The second kappa shape index (κ2) is 15.4. The van der Waals surface area contributed by atoms with Crippen LogP contribution >= 0.6 is 0 Å². The first-order chi connectivity index (χ1) is 21.5.